The molecule has 9 heteroatoms. The molecule has 29 heavy (non-hydrogen) atoms. The molecular weight excluding hydrogens is 507 g/mol. The molecule has 0 unspecified atom stereocenters. The number of anilines is 1. The molecule has 1 amide bonds. The van der Waals surface area contributed by atoms with Crippen molar-refractivity contribution in [1.82, 2.24) is 10.6 Å². The SMILES string of the molecule is CN=C(NCCNC(=O)c1ccccc1Cl)Nc1ccc2c(c1)OCCCO2.I. The highest BCUT2D eigenvalue weighted by molar-refractivity contribution is 14.0. The fraction of sp³-hybridized carbons (Fsp3) is 0.300. The van der Waals surface area contributed by atoms with Gasteiger partial charge in [0.1, 0.15) is 0 Å². The number of nitrogens with one attached hydrogen (secondary N) is 3. The third-order valence-electron chi connectivity index (χ3n) is 4.06. The zero-order valence-electron chi connectivity index (χ0n) is 16.0. The molecule has 0 atom stereocenters. The summed E-state index contributed by atoms with van der Waals surface area (Å²) in [5.74, 6) is 1.83. The van der Waals surface area contributed by atoms with E-state index in [1.165, 1.54) is 0 Å². The summed E-state index contributed by atoms with van der Waals surface area (Å²) < 4.78 is 11.3. The summed E-state index contributed by atoms with van der Waals surface area (Å²) >= 11 is 6.03. The Morgan fingerprint density at radius 1 is 1.07 bits per heavy atom. The Morgan fingerprint density at radius 3 is 2.55 bits per heavy atom. The number of halogens is 2. The van der Waals surface area contributed by atoms with E-state index >= 15 is 0 Å². The summed E-state index contributed by atoms with van der Waals surface area (Å²) in [7, 11) is 1.68. The van der Waals surface area contributed by atoms with Crippen LogP contribution in [0.15, 0.2) is 47.5 Å². The van der Waals surface area contributed by atoms with Crippen LogP contribution in [0.1, 0.15) is 16.8 Å². The highest BCUT2D eigenvalue weighted by Gasteiger charge is 2.12. The molecule has 3 N–H and O–H groups in total. The number of rotatable bonds is 5. The molecule has 2 aromatic rings. The molecular formula is C20H24ClIN4O3. The van der Waals surface area contributed by atoms with Crippen LogP contribution in [0.3, 0.4) is 0 Å². The molecule has 156 valence electrons. The Morgan fingerprint density at radius 2 is 1.79 bits per heavy atom. The second-order valence-corrected chi connectivity index (χ2v) is 6.48. The zero-order valence-corrected chi connectivity index (χ0v) is 19.1. The van der Waals surface area contributed by atoms with Crippen molar-refractivity contribution >= 4 is 53.1 Å². The maximum Gasteiger partial charge on any atom is 0.252 e. The van der Waals surface area contributed by atoms with Gasteiger partial charge in [-0.2, -0.15) is 0 Å². The number of guanidine groups is 1. The first kappa shape index (κ1) is 23.1. The number of carbonyl (C=O) groups is 1. The monoisotopic (exact) mass is 530 g/mol. The minimum atomic E-state index is -0.210. The lowest BCUT2D eigenvalue weighted by Crippen LogP contribution is -2.37. The summed E-state index contributed by atoms with van der Waals surface area (Å²) in [6.07, 6.45) is 0.862. The molecule has 0 aliphatic carbocycles. The molecule has 0 saturated carbocycles. The van der Waals surface area contributed by atoms with Crippen molar-refractivity contribution < 1.29 is 14.3 Å². The van der Waals surface area contributed by atoms with Gasteiger partial charge in [-0.25, -0.2) is 0 Å². The Bertz CT molecular complexity index is 863. The van der Waals surface area contributed by atoms with E-state index in [0.29, 0.717) is 48.6 Å². The van der Waals surface area contributed by atoms with E-state index in [1.807, 2.05) is 18.2 Å². The molecule has 3 rings (SSSR count). The molecule has 0 fully saturated rings. The largest absolute Gasteiger partial charge is 0.490 e. The predicted octanol–water partition coefficient (Wildman–Crippen LogP) is 3.54. The standard InChI is InChI=1S/C20H23ClN4O3.HI/c1-22-20(24-10-9-23-19(26)15-5-2-3-6-16(15)21)25-14-7-8-17-18(13-14)28-12-4-11-27-17;/h2-3,5-8,13H,4,9-12H2,1H3,(H,23,26)(H2,22,24,25);1H. The van der Waals surface area contributed by atoms with Gasteiger partial charge in [-0.05, 0) is 24.3 Å². The Hall–Kier alpha value is -2.20. The number of aliphatic imine (C=N–C) groups is 1. The Balaban J connectivity index is 0.00000300. The number of hydrogen-bond donors (Lipinski definition) is 3. The zero-order chi connectivity index (χ0) is 19.8. The quantitative estimate of drug-likeness (QED) is 0.238. The number of nitrogens with zero attached hydrogens (tertiary/aromatic N) is 1. The van der Waals surface area contributed by atoms with Gasteiger partial charge in [-0.1, -0.05) is 23.7 Å². The van der Waals surface area contributed by atoms with Gasteiger partial charge < -0.3 is 25.4 Å². The van der Waals surface area contributed by atoms with E-state index in [-0.39, 0.29) is 29.9 Å². The van der Waals surface area contributed by atoms with Crippen LogP contribution in [0, 0.1) is 0 Å². The first-order chi connectivity index (χ1) is 13.7. The summed E-state index contributed by atoms with van der Waals surface area (Å²) in [5, 5.41) is 9.60. The molecule has 1 aliphatic rings. The van der Waals surface area contributed by atoms with Crippen molar-refractivity contribution in [2.24, 2.45) is 4.99 Å². The highest BCUT2D eigenvalue weighted by Crippen LogP contribution is 2.32. The lowest BCUT2D eigenvalue weighted by molar-refractivity contribution is 0.0954. The van der Waals surface area contributed by atoms with Gasteiger partial charge in [-0.3, -0.25) is 9.79 Å². The Kier molecular flexibility index (Phi) is 9.33. The van der Waals surface area contributed by atoms with E-state index in [0.717, 1.165) is 17.9 Å². The minimum Gasteiger partial charge on any atom is -0.490 e. The van der Waals surface area contributed by atoms with Gasteiger partial charge in [0.15, 0.2) is 17.5 Å². The fourth-order valence-electron chi connectivity index (χ4n) is 2.65. The second-order valence-electron chi connectivity index (χ2n) is 6.07. The van der Waals surface area contributed by atoms with Crippen molar-refractivity contribution in [3.63, 3.8) is 0 Å². The van der Waals surface area contributed by atoms with Gasteiger partial charge in [0, 0.05) is 38.3 Å². The van der Waals surface area contributed by atoms with E-state index < -0.39 is 0 Å². The van der Waals surface area contributed by atoms with Crippen LogP contribution in [0.25, 0.3) is 0 Å². The van der Waals surface area contributed by atoms with Crippen LogP contribution in [-0.4, -0.2) is 45.2 Å². The molecule has 0 saturated heterocycles. The van der Waals surface area contributed by atoms with Gasteiger partial charge in [0.05, 0.1) is 23.8 Å². The number of fused-ring (bicyclic) bond motifs is 1. The van der Waals surface area contributed by atoms with Crippen LogP contribution >= 0.6 is 35.6 Å². The lowest BCUT2D eigenvalue weighted by Gasteiger charge is -2.14. The average Bonchev–Trinajstić information content (AvgIpc) is 2.95. The number of benzene rings is 2. The van der Waals surface area contributed by atoms with Crippen molar-refractivity contribution in [2.45, 2.75) is 6.42 Å². The topological polar surface area (TPSA) is 84.0 Å². The molecule has 1 heterocycles. The number of amides is 1. The maximum absolute atomic E-state index is 12.1. The molecule has 7 nitrogen and oxygen atoms in total. The third kappa shape index (κ3) is 6.67. The lowest BCUT2D eigenvalue weighted by atomic mass is 10.2. The van der Waals surface area contributed by atoms with Crippen molar-refractivity contribution in [2.75, 3.05) is 38.7 Å². The predicted molar refractivity (Wildman–Crippen MR) is 126 cm³/mol. The third-order valence-corrected chi connectivity index (χ3v) is 4.38. The normalized spacial score (nSPS) is 13.0. The summed E-state index contributed by atoms with van der Waals surface area (Å²) in [4.78, 5) is 16.3. The van der Waals surface area contributed by atoms with Gasteiger partial charge in [0.25, 0.3) is 5.91 Å². The van der Waals surface area contributed by atoms with Gasteiger partial charge in [0.2, 0.25) is 0 Å². The van der Waals surface area contributed by atoms with Gasteiger partial charge >= 0.3 is 0 Å². The highest BCUT2D eigenvalue weighted by atomic mass is 127. The van der Waals surface area contributed by atoms with E-state index in [2.05, 4.69) is 20.9 Å². The number of carbonyl (C=O) groups excluding carboxylic acids is 1. The minimum absolute atomic E-state index is 0. The number of ether oxygens (including phenoxy) is 2. The fourth-order valence-corrected chi connectivity index (χ4v) is 2.88. The van der Waals surface area contributed by atoms with Crippen LogP contribution < -0.4 is 25.4 Å². The molecule has 0 radical (unpaired) electrons. The van der Waals surface area contributed by atoms with E-state index in [4.69, 9.17) is 21.1 Å². The summed E-state index contributed by atoms with van der Waals surface area (Å²) in [6.45, 7) is 2.21. The van der Waals surface area contributed by atoms with Crippen molar-refractivity contribution in [3.8, 4) is 11.5 Å². The molecule has 1 aliphatic heterocycles. The molecule has 0 bridgehead atoms. The number of hydrogen-bond acceptors (Lipinski definition) is 4. The molecule has 0 spiro atoms. The Labute approximate surface area is 192 Å². The van der Waals surface area contributed by atoms with Crippen molar-refractivity contribution in [1.29, 1.82) is 0 Å². The average molecular weight is 531 g/mol. The van der Waals surface area contributed by atoms with Crippen LogP contribution in [0.2, 0.25) is 5.02 Å². The van der Waals surface area contributed by atoms with E-state index in [1.54, 1.807) is 31.3 Å². The first-order valence-electron chi connectivity index (χ1n) is 9.07. The smallest absolute Gasteiger partial charge is 0.252 e. The van der Waals surface area contributed by atoms with Crippen LogP contribution in [0.5, 0.6) is 11.5 Å². The molecule has 0 aromatic heterocycles. The molecule has 2 aromatic carbocycles. The summed E-state index contributed by atoms with van der Waals surface area (Å²) in [6, 6.07) is 12.6. The summed E-state index contributed by atoms with van der Waals surface area (Å²) in [5.41, 5.74) is 1.29. The van der Waals surface area contributed by atoms with E-state index in [9.17, 15) is 4.79 Å². The van der Waals surface area contributed by atoms with Crippen LogP contribution in [-0.2, 0) is 0 Å². The van der Waals surface area contributed by atoms with Crippen LogP contribution in [0.4, 0.5) is 5.69 Å². The van der Waals surface area contributed by atoms with Crippen molar-refractivity contribution in [3.05, 3.63) is 53.1 Å². The first-order valence-corrected chi connectivity index (χ1v) is 9.45. The maximum atomic E-state index is 12.1. The van der Waals surface area contributed by atoms with Gasteiger partial charge in [-0.15, -0.1) is 24.0 Å². The second kappa shape index (κ2) is 11.7.